The van der Waals surface area contributed by atoms with Gasteiger partial charge in [0, 0.05) is 18.8 Å². The summed E-state index contributed by atoms with van der Waals surface area (Å²) in [5.74, 6) is 0.0103. The molecule has 2 N–H and O–H groups in total. The molecule has 2 atom stereocenters. The number of carbonyl (C=O) groups excluding carboxylic acids is 1. The maximum Gasteiger partial charge on any atom is 0.245 e. The Morgan fingerprint density at radius 3 is 2.81 bits per heavy atom. The molecule has 0 radical (unpaired) electrons. The van der Waals surface area contributed by atoms with Crippen molar-refractivity contribution in [1.29, 1.82) is 0 Å². The first-order chi connectivity index (χ1) is 10.1. The molecule has 0 bridgehead atoms. The van der Waals surface area contributed by atoms with Gasteiger partial charge in [-0.25, -0.2) is 0 Å². The molecule has 0 aliphatic carbocycles. The second kappa shape index (κ2) is 7.43. The minimum Gasteiger partial charge on any atom is -0.389 e. The molecule has 1 fully saturated rings. The van der Waals surface area contributed by atoms with Gasteiger partial charge in [0.2, 0.25) is 5.91 Å². The molecule has 1 amide bonds. The SMILES string of the molecule is CCCNC(=O)C1COCCN1c1ccc(C(C)O)cc1. The number of ether oxygens (including phenoxy) is 1. The molecule has 2 rings (SSSR count). The Hall–Kier alpha value is -1.59. The van der Waals surface area contributed by atoms with Gasteiger partial charge >= 0.3 is 0 Å². The standard InChI is InChI=1S/C16H24N2O3/c1-3-8-17-16(20)15-11-21-10-9-18(15)14-6-4-13(5-7-14)12(2)19/h4-7,12,15,19H,3,8-11H2,1-2H3,(H,17,20). The summed E-state index contributed by atoms with van der Waals surface area (Å²) in [4.78, 5) is 14.3. The van der Waals surface area contributed by atoms with E-state index < -0.39 is 6.10 Å². The molecule has 2 unspecified atom stereocenters. The summed E-state index contributed by atoms with van der Waals surface area (Å²) in [6.07, 6.45) is 0.440. The topological polar surface area (TPSA) is 61.8 Å². The largest absolute Gasteiger partial charge is 0.389 e. The third-order valence-electron chi connectivity index (χ3n) is 3.69. The van der Waals surface area contributed by atoms with Crippen LogP contribution in [0.1, 0.15) is 31.9 Å². The number of nitrogens with zero attached hydrogens (tertiary/aromatic N) is 1. The number of hydrogen-bond acceptors (Lipinski definition) is 4. The first-order valence-corrected chi connectivity index (χ1v) is 7.53. The molecule has 116 valence electrons. The Morgan fingerprint density at radius 2 is 2.19 bits per heavy atom. The Kier molecular flexibility index (Phi) is 5.59. The first kappa shape index (κ1) is 15.8. The maximum atomic E-state index is 12.2. The monoisotopic (exact) mass is 292 g/mol. The fourth-order valence-electron chi connectivity index (χ4n) is 2.44. The van der Waals surface area contributed by atoms with E-state index in [2.05, 4.69) is 10.2 Å². The maximum absolute atomic E-state index is 12.2. The van der Waals surface area contributed by atoms with E-state index in [1.807, 2.05) is 31.2 Å². The fraction of sp³-hybridized carbons (Fsp3) is 0.562. The zero-order valence-corrected chi connectivity index (χ0v) is 12.7. The molecule has 1 saturated heterocycles. The van der Waals surface area contributed by atoms with E-state index in [1.165, 1.54) is 0 Å². The average Bonchev–Trinajstić information content (AvgIpc) is 2.52. The zero-order valence-electron chi connectivity index (χ0n) is 12.7. The van der Waals surface area contributed by atoms with Crippen molar-refractivity contribution in [3.63, 3.8) is 0 Å². The van der Waals surface area contributed by atoms with Gasteiger partial charge in [-0.2, -0.15) is 0 Å². The molecule has 1 aromatic rings. The van der Waals surface area contributed by atoms with Crippen molar-refractivity contribution in [3.05, 3.63) is 29.8 Å². The van der Waals surface area contributed by atoms with Crippen molar-refractivity contribution >= 4 is 11.6 Å². The Bertz CT molecular complexity index is 459. The molecule has 1 heterocycles. The van der Waals surface area contributed by atoms with Gasteiger partial charge in [0.25, 0.3) is 0 Å². The average molecular weight is 292 g/mol. The number of amides is 1. The van der Waals surface area contributed by atoms with Crippen LogP contribution in [0.3, 0.4) is 0 Å². The number of benzene rings is 1. The normalized spacial score (nSPS) is 20.1. The van der Waals surface area contributed by atoms with Gasteiger partial charge < -0.3 is 20.1 Å². The van der Waals surface area contributed by atoms with Crippen molar-refractivity contribution in [3.8, 4) is 0 Å². The number of nitrogens with one attached hydrogen (secondary N) is 1. The van der Waals surface area contributed by atoms with E-state index in [0.29, 0.717) is 26.3 Å². The van der Waals surface area contributed by atoms with Crippen LogP contribution in [0, 0.1) is 0 Å². The van der Waals surface area contributed by atoms with Crippen LogP contribution in [-0.4, -0.2) is 43.4 Å². The highest BCUT2D eigenvalue weighted by Crippen LogP contribution is 2.22. The van der Waals surface area contributed by atoms with E-state index in [-0.39, 0.29) is 11.9 Å². The van der Waals surface area contributed by atoms with Gasteiger partial charge in [-0.1, -0.05) is 19.1 Å². The van der Waals surface area contributed by atoms with Gasteiger partial charge in [-0.05, 0) is 31.0 Å². The van der Waals surface area contributed by atoms with Crippen LogP contribution in [0.5, 0.6) is 0 Å². The second-order valence-electron chi connectivity index (χ2n) is 5.34. The van der Waals surface area contributed by atoms with E-state index >= 15 is 0 Å². The summed E-state index contributed by atoms with van der Waals surface area (Å²) in [5, 5.41) is 12.5. The summed E-state index contributed by atoms with van der Waals surface area (Å²) in [6.45, 7) is 6.18. The van der Waals surface area contributed by atoms with Crippen LogP contribution < -0.4 is 10.2 Å². The van der Waals surface area contributed by atoms with E-state index in [4.69, 9.17) is 4.74 Å². The molecule has 1 aliphatic heterocycles. The van der Waals surface area contributed by atoms with Crippen LogP contribution in [0.4, 0.5) is 5.69 Å². The Labute approximate surface area is 125 Å². The van der Waals surface area contributed by atoms with Crippen LogP contribution in [-0.2, 0) is 9.53 Å². The van der Waals surface area contributed by atoms with Crippen molar-refractivity contribution in [1.82, 2.24) is 5.32 Å². The number of hydrogen-bond donors (Lipinski definition) is 2. The number of aliphatic hydroxyl groups is 1. The molecule has 0 spiro atoms. The van der Waals surface area contributed by atoms with Crippen molar-refractivity contribution < 1.29 is 14.6 Å². The number of aliphatic hydroxyl groups excluding tert-OH is 1. The molecule has 21 heavy (non-hydrogen) atoms. The molecular weight excluding hydrogens is 268 g/mol. The quantitative estimate of drug-likeness (QED) is 0.863. The minimum atomic E-state index is -0.479. The Balaban J connectivity index is 2.12. The summed E-state index contributed by atoms with van der Waals surface area (Å²) >= 11 is 0. The van der Waals surface area contributed by atoms with Gasteiger partial charge in [0.1, 0.15) is 6.04 Å². The number of carbonyl (C=O) groups is 1. The van der Waals surface area contributed by atoms with E-state index in [9.17, 15) is 9.90 Å². The van der Waals surface area contributed by atoms with Crippen LogP contribution in [0.25, 0.3) is 0 Å². The lowest BCUT2D eigenvalue weighted by atomic mass is 10.1. The van der Waals surface area contributed by atoms with Crippen LogP contribution in [0.2, 0.25) is 0 Å². The molecule has 5 nitrogen and oxygen atoms in total. The first-order valence-electron chi connectivity index (χ1n) is 7.53. The van der Waals surface area contributed by atoms with Gasteiger partial charge in [-0.15, -0.1) is 0 Å². The predicted molar refractivity (Wildman–Crippen MR) is 82.3 cm³/mol. The lowest BCUT2D eigenvalue weighted by Gasteiger charge is -2.36. The summed E-state index contributed by atoms with van der Waals surface area (Å²) < 4.78 is 5.45. The molecule has 5 heteroatoms. The molecule has 1 aliphatic rings. The lowest BCUT2D eigenvalue weighted by Crippen LogP contribution is -2.54. The summed E-state index contributed by atoms with van der Waals surface area (Å²) in [6, 6.07) is 7.41. The van der Waals surface area contributed by atoms with Crippen LogP contribution >= 0.6 is 0 Å². The van der Waals surface area contributed by atoms with E-state index in [1.54, 1.807) is 6.92 Å². The highest BCUT2D eigenvalue weighted by molar-refractivity contribution is 5.85. The third-order valence-corrected chi connectivity index (χ3v) is 3.69. The van der Waals surface area contributed by atoms with Crippen LogP contribution in [0.15, 0.2) is 24.3 Å². The van der Waals surface area contributed by atoms with Gasteiger partial charge in [0.05, 0.1) is 19.3 Å². The van der Waals surface area contributed by atoms with Gasteiger partial charge in [0.15, 0.2) is 0 Å². The third kappa shape index (κ3) is 3.95. The molecule has 0 saturated carbocycles. The minimum absolute atomic E-state index is 0.0103. The second-order valence-corrected chi connectivity index (χ2v) is 5.34. The lowest BCUT2D eigenvalue weighted by molar-refractivity contribution is -0.124. The fourth-order valence-corrected chi connectivity index (χ4v) is 2.44. The predicted octanol–water partition coefficient (Wildman–Crippen LogP) is 1.47. The zero-order chi connectivity index (χ0) is 15.2. The highest BCUT2D eigenvalue weighted by atomic mass is 16.5. The van der Waals surface area contributed by atoms with Crippen molar-refractivity contribution in [2.24, 2.45) is 0 Å². The molecule has 0 aromatic heterocycles. The number of morpholine rings is 1. The van der Waals surface area contributed by atoms with Crippen molar-refractivity contribution in [2.45, 2.75) is 32.4 Å². The summed E-state index contributed by atoms with van der Waals surface area (Å²) in [5.41, 5.74) is 1.86. The van der Waals surface area contributed by atoms with E-state index in [0.717, 1.165) is 17.7 Å². The number of anilines is 1. The Morgan fingerprint density at radius 1 is 1.48 bits per heavy atom. The molecule has 1 aromatic carbocycles. The summed E-state index contributed by atoms with van der Waals surface area (Å²) in [7, 11) is 0. The van der Waals surface area contributed by atoms with Crippen molar-refractivity contribution in [2.75, 3.05) is 31.2 Å². The molecular formula is C16H24N2O3. The number of rotatable bonds is 5. The van der Waals surface area contributed by atoms with Gasteiger partial charge in [-0.3, -0.25) is 4.79 Å². The highest BCUT2D eigenvalue weighted by Gasteiger charge is 2.29. The smallest absolute Gasteiger partial charge is 0.245 e.